The first-order chi connectivity index (χ1) is 23.6. The number of imidazole rings is 1. The van der Waals surface area contributed by atoms with Gasteiger partial charge in [-0.05, 0) is 64.2 Å². The van der Waals surface area contributed by atoms with Crippen LogP contribution in [0.3, 0.4) is 0 Å². The van der Waals surface area contributed by atoms with Gasteiger partial charge in [-0.1, -0.05) is 78.9 Å². The first kappa shape index (κ1) is 33.4. The molecule has 8 nitrogen and oxygen atoms in total. The van der Waals surface area contributed by atoms with Crippen LogP contribution >= 0.6 is 0 Å². The predicted molar refractivity (Wildman–Crippen MR) is 187 cm³/mol. The summed E-state index contributed by atoms with van der Waals surface area (Å²) in [6, 6.07) is 32.3. The third kappa shape index (κ3) is 7.80. The average molecular weight is 664 g/mol. The lowest BCUT2D eigenvalue weighted by Gasteiger charge is -2.24. The molecule has 0 atom stereocenters. The maximum absolute atomic E-state index is 13.7. The fourth-order valence-electron chi connectivity index (χ4n) is 5.85. The van der Waals surface area contributed by atoms with Crippen molar-refractivity contribution in [1.29, 1.82) is 5.41 Å². The molecule has 1 heterocycles. The molecule has 5 aromatic carbocycles. The molecule has 0 spiro atoms. The van der Waals surface area contributed by atoms with Crippen molar-refractivity contribution >= 4 is 39.2 Å². The standard InChI is InChI=1S/C38H36F3N7O/c1-47-34-19-18-31(21-33(34)46-35(47)20-13-25-9-14-28(15-10-25)37(42)43)48(45-23-29-7-4-6-27-5-2-3-8-32(27)29)36(49)24-44-22-26-11-16-30(17-12-26)38(39,40)41/h2-12,14-19,21,44-45H,13,20,22-24H2,1H3,(H3,42,43). The van der Waals surface area contributed by atoms with Crippen LogP contribution in [0.25, 0.3) is 21.8 Å². The van der Waals surface area contributed by atoms with Crippen LogP contribution in [0.5, 0.6) is 0 Å². The van der Waals surface area contributed by atoms with Crippen LogP contribution in [0.4, 0.5) is 18.9 Å². The van der Waals surface area contributed by atoms with E-state index >= 15 is 0 Å². The van der Waals surface area contributed by atoms with E-state index in [1.54, 1.807) is 0 Å². The number of alkyl halides is 3. The first-order valence-corrected chi connectivity index (χ1v) is 15.9. The molecular formula is C38H36F3N7O. The molecule has 0 aliphatic rings. The highest BCUT2D eigenvalue weighted by molar-refractivity contribution is 5.96. The molecule has 6 rings (SSSR count). The van der Waals surface area contributed by atoms with E-state index in [0.29, 0.717) is 29.8 Å². The Morgan fingerprint density at radius 1 is 0.878 bits per heavy atom. The molecule has 6 aromatic rings. The van der Waals surface area contributed by atoms with Gasteiger partial charge in [0.2, 0.25) is 0 Å². The summed E-state index contributed by atoms with van der Waals surface area (Å²) in [5.74, 6) is 0.658. The summed E-state index contributed by atoms with van der Waals surface area (Å²) in [5, 5.41) is 14.4. The zero-order valence-electron chi connectivity index (χ0n) is 26.9. The quantitative estimate of drug-likeness (QED) is 0.0667. The number of hydrogen-bond donors (Lipinski definition) is 4. The Balaban J connectivity index is 1.21. The van der Waals surface area contributed by atoms with Gasteiger partial charge in [-0.15, -0.1) is 0 Å². The molecular weight excluding hydrogens is 627 g/mol. The monoisotopic (exact) mass is 663 g/mol. The molecule has 0 saturated carbocycles. The van der Waals surface area contributed by atoms with Gasteiger partial charge in [0.1, 0.15) is 11.7 Å². The Kier molecular flexibility index (Phi) is 9.75. The van der Waals surface area contributed by atoms with E-state index in [-0.39, 0.29) is 24.8 Å². The van der Waals surface area contributed by atoms with Crippen molar-refractivity contribution < 1.29 is 18.0 Å². The normalized spacial score (nSPS) is 11.7. The smallest absolute Gasteiger partial charge is 0.384 e. The number of hydrazine groups is 1. The van der Waals surface area contributed by atoms with Gasteiger partial charge >= 0.3 is 6.18 Å². The molecule has 0 fully saturated rings. The summed E-state index contributed by atoms with van der Waals surface area (Å²) in [4.78, 5) is 18.7. The molecule has 0 aliphatic carbocycles. The highest BCUT2D eigenvalue weighted by Gasteiger charge is 2.30. The molecule has 1 amide bonds. The number of halogens is 3. The Hall–Kier alpha value is -5.52. The fourth-order valence-corrected chi connectivity index (χ4v) is 5.85. The summed E-state index contributed by atoms with van der Waals surface area (Å²) in [5.41, 5.74) is 13.9. The highest BCUT2D eigenvalue weighted by Crippen LogP contribution is 2.29. The summed E-state index contributed by atoms with van der Waals surface area (Å²) >= 11 is 0. The number of carbonyl (C=O) groups excluding carboxylic acids is 1. The van der Waals surface area contributed by atoms with Crippen molar-refractivity contribution in [3.63, 3.8) is 0 Å². The number of aryl methyl sites for hydroxylation is 3. The molecule has 0 radical (unpaired) electrons. The number of fused-ring (bicyclic) bond motifs is 2. The molecule has 0 saturated heterocycles. The Morgan fingerprint density at radius 2 is 1.59 bits per heavy atom. The maximum Gasteiger partial charge on any atom is 0.416 e. The number of benzene rings is 5. The first-order valence-electron chi connectivity index (χ1n) is 15.9. The lowest BCUT2D eigenvalue weighted by Crippen LogP contribution is -2.46. The number of rotatable bonds is 12. The minimum Gasteiger partial charge on any atom is -0.384 e. The van der Waals surface area contributed by atoms with Crippen LogP contribution in [-0.2, 0) is 43.9 Å². The molecule has 49 heavy (non-hydrogen) atoms. The van der Waals surface area contributed by atoms with E-state index in [1.807, 2.05) is 96.5 Å². The number of hydrogen-bond acceptors (Lipinski definition) is 5. The molecule has 0 aliphatic heterocycles. The van der Waals surface area contributed by atoms with Gasteiger partial charge in [0, 0.05) is 32.1 Å². The number of nitrogens with two attached hydrogens (primary N) is 1. The average Bonchev–Trinajstić information content (AvgIpc) is 3.41. The Bertz CT molecular complexity index is 2100. The number of nitrogens with zero attached hydrogens (tertiary/aromatic N) is 3. The molecule has 11 heteroatoms. The van der Waals surface area contributed by atoms with Crippen LogP contribution in [0.15, 0.2) is 109 Å². The van der Waals surface area contributed by atoms with Crippen molar-refractivity contribution in [2.24, 2.45) is 12.8 Å². The van der Waals surface area contributed by atoms with Gasteiger partial charge in [0.05, 0.1) is 28.8 Å². The molecule has 5 N–H and O–H groups in total. The lowest BCUT2D eigenvalue weighted by atomic mass is 10.0. The summed E-state index contributed by atoms with van der Waals surface area (Å²) in [6.07, 6.45) is -2.96. The number of carbonyl (C=O) groups is 1. The number of nitrogens with one attached hydrogen (secondary N) is 3. The van der Waals surface area contributed by atoms with Crippen molar-refractivity contribution in [2.45, 2.75) is 32.1 Å². The molecule has 0 unspecified atom stereocenters. The SMILES string of the molecule is Cn1c(CCc2ccc(C(=N)N)cc2)nc2cc(N(NCc3cccc4ccccc34)C(=O)CNCc3ccc(C(F)(F)F)cc3)ccc21. The van der Waals surface area contributed by atoms with Crippen molar-refractivity contribution in [3.8, 4) is 0 Å². The van der Waals surface area contributed by atoms with Crippen LogP contribution in [0.1, 0.15) is 33.6 Å². The van der Waals surface area contributed by atoms with E-state index in [2.05, 4.69) is 10.7 Å². The number of anilines is 1. The summed E-state index contributed by atoms with van der Waals surface area (Å²) in [6.45, 7) is 0.540. The van der Waals surface area contributed by atoms with Gasteiger partial charge in [-0.25, -0.2) is 15.4 Å². The topological polar surface area (TPSA) is 112 Å². The van der Waals surface area contributed by atoms with Crippen LogP contribution in [-0.4, -0.2) is 27.8 Å². The van der Waals surface area contributed by atoms with Gasteiger partial charge < -0.3 is 15.6 Å². The zero-order chi connectivity index (χ0) is 34.5. The van der Waals surface area contributed by atoms with E-state index in [1.165, 1.54) is 17.1 Å². The second-order valence-corrected chi connectivity index (χ2v) is 11.9. The van der Waals surface area contributed by atoms with Crippen molar-refractivity contribution in [2.75, 3.05) is 11.6 Å². The highest BCUT2D eigenvalue weighted by atomic mass is 19.4. The fraction of sp³-hybridized carbons (Fsp3) is 0.184. The third-order valence-electron chi connectivity index (χ3n) is 8.56. The van der Waals surface area contributed by atoms with Gasteiger partial charge in [0.15, 0.2) is 0 Å². The third-order valence-corrected chi connectivity index (χ3v) is 8.56. The lowest BCUT2D eigenvalue weighted by molar-refractivity contribution is -0.137. The maximum atomic E-state index is 13.7. The zero-order valence-corrected chi connectivity index (χ0v) is 26.9. The van der Waals surface area contributed by atoms with Crippen LogP contribution < -0.4 is 21.5 Å². The largest absolute Gasteiger partial charge is 0.416 e. The number of amides is 1. The molecule has 1 aromatic heterocycles. The van der Waals surface area contributed by atoms with E-state index in [9.17, 15) is 18.0 Å². The van der Waals surface area contributed by atoms with Crippen LogP contribution in [0, 0.1) is 5.41 Å². The van der Waals surface area contributed by atoms with Gasteiger partial charge in [0.25, 0.3) is 5.91 Å². The van der Waals surface area contributed by atoms with Crippen molar-refractivity contribution in [1.82, 2.24) is 20.3 Å². The van der Waals surface area contributed by atoms with E-state index < -0.39 is 11.7 Å². The van der Waals surface area contributed by atoms with Gasteiger partial charge in [-0.2, -0.15) is 13.2 Å². The van der Waals surface area contributed by atoms with Crippen LogP contribution in [0.2, 0.25) is 0 Å². The Morgan fingerprint density at radius 3 is 2.33 bits per heavy atom. The number of nitrogen functional groups attached to an aromatic ring is 1. The number of amidine groups is 1. The second kappa shape index (κ2) is 14.3. The van der Waals surface area contributed by atoms with Crippen molar-refractivity contribution in [3.05, 3.63) is 143 Å². The number of aromatic nitrogens is 2. The molecule has 250 valence electrons. The molecule has 0 bridgehead atoms. The van der Waals surface area contributed by atoms with Gasteiger partial charge in [-0.3, -0.25) is 10.2 Å². The summed E-state index contributed by atoms with van der Waals surface area (Å²) < 4.78 is 41.0. The predicted octanol–water partition coefficient (Wildman–Crippen LogP) is 6.64. The summed E-state index contributed by atoms with van der Waals surface area (Å²) in [7, 11) is 1.97. The second-order valence-electron chi connectivity index (χ2n) is 11.9. The minimum absolute atomic E-state index is 0.0340. The Labute approximate surface area is 281 Å². The van der Waals surface area contributed by atoms with E-state index in [0.717, 1.165) is 57.3 Å². The minimum atomic E-state index is -4.41. The van der Waals surface area contributed by atoms with E-state index in [4.69, 9.17) is 16.1 Å².